The predicted octanol–water partition coefficient (Wildman–Crippen LogP) is 3.57. The molecule has 1 atom stereocenters. The van der Waals surface area contributed by atoms with Crippen LogP contribution in [0, 0.1) is 12.3 Å². The normalized spacial score (nSPS) is 11.7. The molecule has 108 valence electrons. The van der Waals surface area contributed by atoms with Crippen LogP contribution in [0.4, 0.5) is 5.69 Å². The average molecular weight is 411 g/mol. The van der Waals surface area contributed by atoms with Gasteiger partial charge in [-0.05, 0) is 40.5 Å². The standard InChI is InChI=1S/C15H13Br2N3O/c1-3-8-20-15(21)14(17)13(9-18-20)19-10(2)11-4-6-12(16)7-5-11/h1,4-7,9-10,19H,8H2,2H3. The largest absolute Gasteiger partial charge is 0.376 e. The summed E-state index contributed by atoms with van der Waals surface area (Å²) in [5.41, 5.74) is 1.50. The number of aromatic nitrogens is 2. The number of hydrogen-bond acceptors (Lipinski definition) is 3. The molecule has 21 heavy (non-hydrogen) atoms. The van der Waals surface area contributed by atoms with E-state index in [1.807, 2.05) is 31.2 Å². The van der Waals surface area contributed by atoms with Crippen LogP contribution in [0.25, 0.3) is 0 Å². The Labute approximate surface area is 139 Å². The maximum Gasteiger partial charge on any atom is 0.284 e. The van der Waals surface area contributed by atoms with Gasteiger partial charge < -0.3 is 5.32 Å². The monoisotopic (exact) mass is 409 g/mol. The van der Waals surface area contributed by atoms with E-state index in [0.717, 1.165) is 10.0 Å². The molecule has 1 N–H and O–H groups in total. The molecule has 4 nitrogen and oxygen atoms in total. The molecule has 1 unspecified atom stereocenters. The number of rotatable bonds is 4. The Morgan fingerprint density at radius 2 is 2.05 bits per heavy atom. The van der Waals surface area contributed by atoms with Crippen LogP contribution in [0.15, 0.2) is 44.2 Å². The van der Waals surface area contributed by atoms with Gasteiger partial charge in [0, 0.05) is 10.5 Å². The zero-order valence-electron chi connectivity index (χ0n) is 11.3. The van der Waals surface area contributed by atoms with Crippen LogP contribution in [0.3, 0.4) is 0 Å². The van der Waals surface area contributed by atoms with E-state index in [2.05, 4.69) is 48.2 Å². The lowest BCUT2D eigenvalue weighted by Crippen LogP contribution is -2.24. The van der Waals surface area contributed by atoms with E-state index in [0.29, 0.717) is 10.2 Å². The van der Waals surface area contributed by atoms with Crippen LogP contribution in [-0.4, -0.2) is 9.78 Å². The summed E-state index contributed by atoms with van der Waals surface area (Å²) in [5, 5.41) is 7.32. The Hall–Kier alpha value is -1.58. The van der Waals surface area contributed by atoms with Crippen LogP contribution in [-0.2, 0) is 6.54 Å². The topological polar surface area (TPSA) is 46.9 Å². The highest BCUT2D eigenvalue weighted by atomic mass is 79.9. The van der Waals surface area contributed by atoms with Crippen molar-refractivity contribution in [1.29, 1.82) is 0 Å². The molecule has 0 radical (unpaired) electrons. The number of anilines is 1. The summed E-state index contributed by atoms with van der Waals surface area (Å²) in [6, 6.07) is 8.03. The third-order valence-electron chi connectivity index (χ3n) is 2.97. The Morgan fingerprint density at radius 3 is 2.67 bits per heavy atom. The molecule has 0 spiro atoms. The molecular formula is C15H13Br2N3O. The summed E-state index contributed by atoms with van der Waals surface area (Å²) in [7, 11) is 0. The zero-order valence-corrected chi connectivity index (χ0v) is 14.5. The van der Waals surface area contributed by atoms with E-state index in [4.69, 9.17) is 6.42 Å². The molecule has 2 rings (SSSR count). The lowest BCUT2D eigenvalue weighted by Gasteiger charge is -2.17. The van der Waals surface area contributed by atoms with E-state index in [9.17, 15) is 4.79 Å². The van der Waals surface area contributed by atoms with Gasteiger partial charge in [-0.25, -0.2) is 4.68 Å². The molecule has 0 aliphatic rings. The first-order valence-electron chi connectivity index (χ1n) is 6.24. The number of benzene rings is 1. The first-order valence-corrected chi connectivity index (χ1v) is 7.82. The molecule has 1 aromatic heterocycles. The number of nitrogens with one attached hydrogen (secondary N) is 1. The summed E-state index contributed by atoms with van der Waals surface area (Å²) in [6.07, 6.45) is 6.80. The highest BCUT2D eigenvalue weighted by Gasteiger charge is 2.11. The second-order valence-corrected chi connectivity index (χ2v) is 6.17. The highest BCUT2D eigenvalue weighted by Crippen LogP contribution is 2.24. The first kappa shape index (κ1) is 15.8. The Morgan fingerprint density at radius 1 is 1.38 bits per heavy atom. The number of halogens is 2. The lowest BCUT2D eigenvalue weighted by molar-refractivity contribution is 0.658. The van der Waals surface area contributed by atoms with E-state index in [1.165, 1.54) is 4.68 Å². The summed E-state index contributed by atoms with van der Waals surface area (Å²) < 4.78 is 2.69. The maximum absolute atomic E-state index is 12.1. The fourth-order valence-corrected chi connectivity index (χ4v) is 2.52. The quantitative estimate of drug-likeness (QED) is 0.783. The van der Waals surface area contributed by atoms with Gasteiger partial charge in [-0.15, -0.1) is 6.42 Å². The van der Waals surface area contributed by atoms with Crippen molar-refractivity contribution >= 4 is 37.5 Å². The van der Waals surface area contributed by atoms with E-state index >= 15 is 0 Å². The predicted molar refractivity (Wildman–Crippen MR) is 91.2 cm³/mol. The Bertz CT molecular complexity index is 732. The molecule has 0 saturated heterocycles. The molecule has 0 saturated carbocycles. The van der Waals surface area contributed by atoms with Crippen LogP contribution in [0.2, 0.25) is 0 Å². The van der Waals surface area contributed by atoms with E-state index in [-0.39, 0.29) is 18.1 Å². The van der Waals surface area contributed by atoms with Gasteiger partial charge in [-0.3, -0.25) is 4.79 Å². The Kier molecular flexibility index (Phi) is 5.21. The summed E-state index contributed by atoms with van der Waals surface area (Å²) in [5.74, 6) is 2.40. The zero-order chi connectivity index (χ0) is 15.4. The second-order valence-electron chi connectivity index (χ2n) is 4.46. The third-order valence-corrected chi connectivity index (χ3v) is 4.26. The molecule has 0 bridgehead atoms. The van der Waals surface area contributed by atoms with Crippen LogP contribution in [0.5, 0.6) is 0 Å². The number of terminal acetylenes is 1. The van der Waals surface area contributed by atoms with Gasteiger partial charge >= 0.3 is 0 Å². The lowest BCUT2D eigenvalue weighted by atomic mass is 10.1. The van der Waals surface area contributed by atoms with Crippen molar-refractivity contribution < 1.29 is 0 Å². The minimum atomic E-state index is -0.249. The smallest absolute Gasteiger partial charge is 0.284 e. The average Bonchev–Trinajstić information content (AvgIpc) is 2.47. The van der Waals surface area contributed by atoms with E-state index in [1.54, 1.807) is 6.20 Å². The fourth-order valence-electron chi connectivity index (χ4n) is 1.83. The summed E-state index contributed by atoms with van der Waals surface area (Å²) >= 11 is 6.71. The van der Waals surface area contributed by atoms with Crippen molar-refractivity contribution in [2.75, 3.05) is 5.32 Å². The van der Waals surface area contributed by atoms with Gasteiger partial charge in [-0.2, -0.15) is 5.10 Å². The van der Waals surface area contributed by atoms with Crippen LogP contribution >= 0.6 is 31.9 Å². The van der Waals surface area contributed by atoms with Crippen LogP contribution < -0.4 is 10.9 Å². The van der Waals surface area contributed by atoms with Gasteiger partial charge in [0.05, 0.1) is 11.9 Å². The molecule has 0 aliphatic heterocycles. The SMILES string of the molecule is C#CCn1ncc(NC(C)c2ccc(Br)cc2)c(Br)c1=O. The van der Waals surface area contributed by atoms with Gasteiger partial charge in [0.1, 0.15) is 11.0 Å². The van der Waals surface area contributed by atoms with Gasteiger partial charge in [-0.1, -0.05) is 34.0 Å². The highest BCUT2D eigenvalue weighted by molar-refractivity contribution is 9.10. The molecule has 0 amide bonds. The molecule has 0 aliphatic carbocycles. The maximum atomic E-state index is 12.1. The molecule has 0 fully saturated rings. The summed E-state index contributed by atoms with van der Waals surface area (Å²) in [6.45, 7) is 2.17. The minimum Gasteiger partial charge on any atom is -0.376 e. The van der Waals surface area contributed by atoms with E-state index < -0.39 is 0 Å². The summed E-state index contributed by atoms with van der Waals surface area (Å²) in [4.78, 5) is 12.1. The fraction of sp³-hybridized carbons (Fsp3) is 0.200. The van der Waals surface area contributed by atoms with Crippen molar-refractivity contribution in [3.63, 3.8) is 0 Å². The molecular weight excluding hydrogens is 398 g/mol. The number of nitrogens with zero attached hydrogens (tertiary/aromatic N) is 2. The minimum absolute atomic E-state index is 0.0408. The van der Waals surface area contributed by atoms with Crippen LogP contribution in [0.1, 0.15) is 18.5 Å². The molecule has 1 aromatic carbocycles. The van der Waals surface area contributed by atoms with Gasteiger partial charge in [0.2, 0.25) is 0 Å². The van der Waals surface area contributed by atoms with Crippen molar-refractivity contribution in [3.05, 3.63) is 55.3 Å². The van der Waals surface area contributed by atoms with Gasteiger partial charge in [0.15, 0.2) is 0 Å². The van der Waals surface area contributed by atoms with Crippen molar-refractivity contribution in [3.8, 4) is 12.3 Å². The van der Waals surface area contributed by atoms with Crippen molar-refractivity contribution in [2.24, 2.45) is 0 Å². The van der Waals surface area contributed by atoms with Gasteiger partial charge in [0.25, 0.3) is 5.56 Å². The van der Waals surface area contributed by atoms with Crippen molar-refractivity contribution in [2.45, 2.75) is 19.5 Å². The molecule has 1 heterocycles. The molecule has 2 aromatic rings. The van der Waals surface area contributed by atoms with Crippen molar-refractivity contribution in [1.82, 2.24) is 9.78 Å². The number of hydrogen-bond donors (Lipinski definition) is 1. The third kappa shape index (κ3) is 3.74. The Balaban J connectivity index is 2.24. The second kappa shape index (κ2) is 6.92. The first-order chi connectivity index (χ1) is 10.0. The molecule has 6 heteroatoms.